The lowest BCUT2D eigenvalue weighted by Crippen LogP contribution is -2.64. The van der Waals surface area contributed by atoms with Crippen LogP contribution in [0.2, 0.25) is 0 Å². The first-order valence-electron chi connectivity index (χ1n) is 7.58. The summed E-state index contributed by atoms with van der Waals surface area (Å²) < 4.78 is 11.0. The van der Waals surface area contributed by atoms with Gasteiger partial charge in [-0.3, -0.25) is 4.79 Å². The van der Waals surface area contributed by atoms with Gasteiger partial charge >= 0.3 is 0 Å². The van der Waals surface area contributed by atoms with Crippen molar-refractivity contribution in [1.29, 1.82) is 0 Å². The maximum Gasteiger partial charge on any atom is 0.217 e. The van der Waals surface area contributed by atoms with Crippen LogP contribution < -0.4 is 5.32 Å². The monoisotopic (exact) mass is 339 g/mol. The third-order valence-electron chi connectivity index (χ3n) is 3.56. The average molecular weight is 340 g/mol. The molecule has 1 heterocycles. The van der Waals surface area contributed by atoms with Gasteiger partial charge in [0.15, 0.2) is 6.29 Å². The van der Waals surface area contributed by atoms with Crippen molar-refractivity contribution in [3.63, 3.8) is 0 Å². The molecule has 0 aromatic carbocycles. The molecule has 130 valence electrons. The second-order valence-corrected chi connectivity index (χ2v) is 5.78. The fourth-order valence-corrected chi connectivity index (χ4v) is 2.55. The Morgan fingerprint density at radius 2 is 1.91 bits per heavy atom. The van der Waals surface area contributed by atoms with Crippen molar-refractivity contribution < 1.29 is 29.6 Å². The molecule has 0 aromatic heterocycles. The second kappa shape index (κ2) is 10.4. The van der Waals surface area contributed by atoms with E-state index in [1.54, 1.807) is 0 Å². The Bertz CT molecular complexity index is 332. The number of aliphatic hydroxyl groups is 3. The van der Waals surface area contributed by atoms with E-state index in [0.717, 1.165) is 25.7 Å². The van der Waals surface area contributed by atoms with E-state index in [1.807, 2.05) is 0 Å². The number of ether oxygens (including phenoxy) is 2. The third-order valence-corrected chi connectivity index (χ3v) is 3.83. The number of hydrogen-bond acceptors (Lipinski definition) is 6. The minimum absolute atomic E-state index is 0.363. The van der Waals surface area contributed by atoms with Crippen LogP contribution in [0.4, 0.5) is 0 Å². The largest absolute Gasteiger partial charge is 0.394 e. The molecule has 5 unspecified atom stereocenters. The van der Waals surface area contributed by atoms with E-state index in [-0.39, 0.29) is 5.91 Å². The molecule has 0 aliphatic carbocycles. The van der Waals surface area contributed by atoms with Crippen LogP contribution in [0.3, 0.4) is 0 Å². The van der Waals surface area contributed by atoms with Crippen LogP contribution in [0.5, 0.6) is 0 Å². The lowest BCUT2D eigenvalue weighted by Gasteiger charge is -2.42. The fourth-order valence-electron chi connectivity index (χ4n) is 2.36. The molecule has 8 heteroatoms. The molecule has 7 nitrogen and oxygen atoms in total. The zero-order chi connectivity index (χ0) is 16.5. The van der Waals surface area contributed by atoms with Crippen LogP contribution in [0.1, 0.15) is 32.6 Å². The number of nitrogens with one attached hydrogen (secondary N) is 1. The normalized spacial score (nSPS) is 32.0. The highest BCUT2D eigenvalue weighted by molar-refractivity contribution is 6.17. The van der Waals surface area contributed by atoms with Crippen molar-refractivity contribution in [1.82, 2.24) is 5.32 Å². The third kappa shape index (κ3) is 5.98. The van der Waals surface area contributed by atoms with Gasteiger partial charge in [-0.1, -0.05) is 12.8 Å². The van der Waals surface area contributed by atoms with Crippen LogP contribution in [-0.2, 0) is 14.3 Å². The van der Waals surface area contributed by atoms with Crippen LogP contribution in [0.15, 0.2) is 0 Å². The first-order valence-corrected chi connectivity index (χ1v) is 8.11. The van der Waals surface area contributed by atoms with Crippen LogP contribution in [-0.4, -0.2) is 71.0 Å². The maximum absolute atomic E-state index is 11.2. The lowest BCUT2D eigenvalue weighted by molar-refractivity contribution is -0.270. The lowest BCUT2D eigenvalue weighted by atomic mass is 9.97. The summed E-state index contributed by atoms with van der Waals surface area (Å²) in [6.45, 7) is 1.26. The predicted molar refractivity (Wildman–Crippen MR) is 80.5 cm³/mol. The summed E-state index contributed by atoms with van der Waals surface area (Å²) in [7, 11) is 0. The first kappa shape index (κ1) is 19.6. The average Bonchev–Trinajstić information content (AvgIpc) is 2.49. The molecule has 0 saturated carbocycles. The van der Waals surface area contributed by atoms with Crippen molar-refractivity contribution >= 4 is 17.5 Å². The zero-order valence-electron chi connectivity index (χ0n) is 12.8. The number of carbonyl (C=O) groups is 1. The van der Waals surface area contributed by atoms with Crippen molar-refractivity contribution in [2.24, 2.45) is 0 Å². The van der Waals surface area contributed by atoms with E-state index in [4.69, 9.17) is 21.1 Å². The predicted octanol–water partition coefficient (Wildman–Crippen LogP) is -0.254. The number of aliphatic hydroxyl groups excluding tert-OH is 3. The molecule has 0 radical (unpaired) electrons. The van der Waals surface area contributed by atoms with Gasteiger partial charge in [-0.05, 0) is 12.8 Å². The maximum atomic E-state index is 11.2. The summed E-state index contributed by atoms with van der Waals surface area (Å²) >= 11 is 5.60. The van der Waals surface area contributed by atoms with Gasteiger partial charge in [-0.2, -0.15) is 0 Å². The Balaban J connectivity index is 2.52. The van der Waals surface area contributed by atoms with E-state index >= 15 is 0 Å². The van der Waals surface area contributed by atoms with Crippen molar-refractivity contribution in [3.05, 3.63) is 0 Å². The van der Waals surface area contributed by atoms with Crippen LogP contribution in [0, 0.1) is 0 Å². The molecule has 1 aliphatic rings. The molecule has 5 atom stereocenters. The van der Waals surface area contributed by atoms with E-state index in [0.29, 0.717) is 12.5 Å². The van der Waals surface area contributed by atoms with Crippen molar-refractivity contribution in [3.8, 4) is 0 Å². The minimum Gasteiger partial charge on any atom is -0.394 e. The Labute approximate surface area is 135 Å². The van der Waals surface area contributed by atoms with E-state index < -0.39 is 37.3 Å². The number of rotatable bonds is 9. The Morgan fingerprint density at radius 1 is 1.23 bits per heavy atom. The summed E-state index contributed by atoms with van der Waals surface area (Å²) in [6, 6.07) is -0.877. The molecule has 4 N–H and O–H groups in total. The summed E-state index contributed by atoms with van der Waals surface area (Å²) in [5.41, 5.74) is 0. The van der Waals surface area contributed by atoms with Gasteiger partial charge in [0.2, 0.25) is 5.91 Å². The highest BCUT2D eigenvalue weighted by Crippen LogP contribution is 2.22. The SMILES string of the molecule is CC(=O)NC1C(OCCCCCCCl)OC(CO)C(O)C1O. The van der Waals surface area contributed by atoms with Gasteiger partial charge in [0.1, 0.15) is 24.4 Å². The highest BCUT2D eigenvalue weighted by atomic mass is 35.5. The van der Waals surface area contributed by atoms with Crippen molar-refractivity contribution in [2.75, 3.05) is 19.1 Å². The van der Waals surface area contributed by atoms with Crippen LogP contribution in [0.25, 0.3) is 0 Å². The quantitative estimate of drug-likeness (QED) is 0.341. The molecule has 1 amide bonds. The zero-order valence-corrected chi connectivity index (χ0v) is 13.5. The Morgan fingerprint density at radius 3 is 2.50 bits per heavy atom. The molecule has 0 spiro atoms. The van der Waals surface area contributed by atoms with Gasteiger partial charge in [-0.15, -0.1) is 11.6 Å². The molecular formula is C14H26ClNO6. The van der Waals surface area contributed by atoms with Crippen molar-refractivity contribution in [2.45, 2.75) is 63.3 Å². The fraction of sp³-hybridized carbons (Fsp3) is 0.929. The van der Waals surface area contributed by atoms with E-state index in [9.17, 15) is 20.1 Å². The van der Waals surface area contributed by atoms with Gasteiger partial charge in [-0.25, -0.2) is 0 Å². The standard InChI is InChI=1S/C14H26ClNO6/c1-9(18)16-11-13(20)12(19)10(8-17)22-14(11)21-7-5-3-2-4-6-15/h10-14,17,19-20H,2-8H2,1H3,(H,16,18). The first-order chi connectivity index (χ1) is 10.5. The van der Waals surface area contributed by atoms with Crippen LogP contribution >= 0.6 is 11.6 Å². The number of halogens is 1. The van der Waals surface area contributed by atoms with Gasteiger partial charge in [0.05, 0.1) is 6.61 Å². The number of unbranched alkanes of at least 4 members (excludes halogenated alkanes) is 3. The molecule has 1 rings (SSSR count). The molecular weight excluding hydrogens is 314 g/mol. The summed E-state index contributed by atoms with van der Waals surface area (Å²) in [6.07, 6.45) is -0.692. The molecule has 0 aromatic rings. The Kier molecular flexibility index (Phi) is 9.23. The molecule has 22 heavy (non-hydrogen) atoms. The number of alkyl halides is 1. The molecule has 1 fully saturated rings. The molecule has 0 bridgehead atoms. The van der Waals surface area contributed by atoms with E-state index in [1.165, 1.54) is 6.92 Å². The summed E-state index contributed by atoms with van der Waals surface area (Å²) in [5.74, 6) is 0.275. The Hall–Kier alpha value is -0.440. The van der Waals surface area contributed by atoms with E-state index in [2.05, 4.69) is 5.32 Å². The summed E-state index contributed by atoms with van der Waals surface area (Å²) in [4.78, 5) is 11.2. The second-order valence-electron chi connectivity index (χ2n) is 5.41. The summed E-state index contributed by atoms with van der Waals surface area (Å²) in [5, 5.41) is 31.6. The number of carbonyl (C=O) groups excluding carboxylic acids is 1. The van der Waals surface area contributed by atoms with Gasteiger partial charge in [0.25, 0.3) is 0 Å². The molecule has 1 aliphatic heterocycles. The number of hydrogen-bond donors (Lipinski definition) is 4. The van der Waals surface area contributed by atoms with Gasteiger partial charge < -0.3 is 30.1 Å². The molecule has 1 saturated heterocycles. The highest BCUT2D eigenvalue weighted by Gasteiger charge is 2.45. The number of amides is 1. The minimum atomic E-state index is -1.29. The van der Waals surface area contributed by atoms with Gasteiger partial charge in [0, 0.05) is 19.4 Å². The topological polar surface area (TPSA) is 108 Å². The smallest absolute Gasteiger partial charge is 0.217 e.